The van der Waals surface area contributed by atoms with Crippen LogP contribution in [-0.2, 0) is 6.54 Å². The lowest BCUT2D eigenvalue weighted by molar-refractivity contribution is 0.215. The van der Waals surface area contributed by atoms with Gasteiger partial charge < -0.3 is 14.8 Å². The molecule has 0 aliphatic carbocycles. The minimum Gasteiger partial charge on any atom is -0.490 e. The minimum atomic E-state index is -0.300. The highest BCUT2D eigenvalue weighted by atomic mass is 79.9. The van der Waals surface area contributed by atoms with Gasteiger partial charge in [0.25, 0.3) is 0 Å². The van der Waals surface area contributed by atoms with Crippen LogP contribution < -0.4 is 14.8 Å². The van der Waals surface area contributed by atoms with Crippen LogP contribution in [0.15, 0.2) is 46.9 Å². The van der Waals surface area contributed by atoms with Gasteiger partial charge in [0, 0.05) is 12.1 Å². The van der Waals surface area contributed by atoms with Crippen LogP contribution in [0.4, 0.5) is 4.39 Å². The second-order valence-corrected chi connectivity index (χ2v) is 5.26. The highest BCUT2D eigenvalue weighted by molar-refractivity contribution is 9.10. The summed E-state index contributed by atoms with van der Waals surface area (Å²) in [7, 11) is 1.89. The van der Waals surface area contributed by atoms with Crippen molar-refractivity contribution in [3.63, 3.8) is 0 Å². The van der Waals surface area contributed by atoms with Crippen LogP contribution in [0.3, 0.4) is 0 Å². The van der Waals surface area contributed by atoms with Gasteiger partial charge >= 0.3 is 0 Å². The number of rotatable bonds is 7. The largest absolute Gasteiger partial charge is 0.490 e. The van der Waals surface area contributed by atoms with Crippen LogP contribution in [-0.4, -0.2) is 20.3 Å². The summed E-state index contributed by atoms with van der Waals surface area (Å²) in [6.07, 6.45) is 0. The summed E-state index contributed by atoms with van der Waals surface area (Å²) in [5.74, 6) is 1.14. The van der Waals surface area contributed by atoms with Crippen molar-refractivity contribution < 1.29 is 13.9 Å². The van der Waals surface area contributed by atoms with E-state index < -0.39 is 0 Å². The van der Waals surface area contributed by atoms with Gasteiger partial charge in [-0.3, -0.25) is 0 Å². The molecule has 0 heterocycles. The molecule has 0 spiro atoms. The summed E-state index contributed by atoms with van der Waals surface area (Å²) in [6, 6.07) is 12.2. The first kappa shape index (κ1) is 15.8. The normalized spacial score (nSPS) is 10.4. The topological polar surface area (TPSA) is 30.5 Å². The molecule has 5 heteroatoms. The Balaban J connectivity index is 1.84. The molecule has 112 valence electrons. The summed E-state index contributed by atoms with van der Waals surface area (Å²) in [4.78, 5) is 0. The molecule has 0 saturated carbocycles. The third-order valence-electron chi connectivity index (χ3n) is 2.83. The summed E-state index contributed by atoms with van der Waals surface area (Å²) < 4.78 is 24.8. The summed E-state index contributed by atoms with van der Waals surface area (Å²) in [5, 5.41) is 3.10. The fourth-order valence-corrected chi connectivity index (χ4v) is 2.34. The lowest BCUT2D eigenvalue weighted by Crippen LogP contribution is -2.12. The second-order valence-electron chi connectivity index (χ2n) is 4.41. The number of hydrogen-bond acceptors (Lipinski definition) is 3. The second kappa shape index (κ2) is 8.00. The predicted octanol–water partition coefficient (Wildman–Crippen LogP) is 3.77. The predicted molar refractivity (Wildman–Crippen MR) is 84.3 cm³/mol. The van der Waals surface area contributed by atoms with Crippen LogP contribution in [0.2, 0.25) is 0 Å². The van der Waals surface area contributed by atoms with Crippen molar-refractivity contribution in [3.8, 4) is 11.5 Å². The van der Waals surface area contributed by atoms with Gasteiger partial charge in [-0.2, -0.15) is 0 Å². The van der Waals surface area contributed by atoms with E-state index in [-0.39, 0.29) is 5.82 Å². The Labute approximate surface area is 132 Å². The Bertz CT molecular complexity index is 592. The molecule has 0 radical (unpaired) electrons. The molecular weight excluding hydrogens is 337 g/mol. The van der Waals surface area contributed by atoms with E-state index in [1.54, 1.807) is 6.07 Å². The lowest BCUT2D eigenvalue weighted by Gasteiger charge is -2.12. The van der Waals surface area contributed by atoms with E-state index >= 15 is 0 Å². The highest BCUT2D eigenvalue weighted by Gasteiger charge is 2.04. The van der Waals surface area contributed by atoms with Crippen molar-refractivity contribution >= 4 is 15.9 Å². The zero-order valence-corrected chi connectivity index (χ0v) is 13.3. The molecule has 2 rings (SSSR count). The molecule has 0 aromatic heterocycles. The molecule has 0 amide bonds. The molecule has 0 atom stereocenters. The zero-order chi connectivity index (χ0) is 15.1. The van der Waals surface area contributed by atoms with Gasteiger partial charge in [0.2, 0.25) is 0 Å². The number of benzene rings is 2. The fraction of sp³-hybridized carbons (Fsp3) is 0.250. The van der Waals surface area contributed by atoms with Gasteiger partial charge in [-0.05, 0) is 47.2 Å². The summed E-state index contributed by atoms with van der Waals surface area (Å²) >= 11 is 3.26. The Morgan fingerprint density at radius 3 is 2.48 bits per heavy atom. The van der Waals surface area contributed by atoms with Crippen LogP contribution in [0.1, 0.15) is 5.56 Å². The third kappa shape index (κ3) is 4.72. The number of nitrogens with one attached hydrogen (secondary N) is 1. The van der Waals surface area contributed by atoms with Gasteiger partial charge in [0.15, 0.2) is 0 Å². The fourth-order valence-electron chi connectivity index (χ4n) is 1.88. The van der Waals surface area contributed by atoms with Crippen molar-refractivity contribution in [2.75, 3.05) is 20.3 Å². The SMILES string of the molecule is CNCc1ccccc1OCCOc1ccc(F)cc1Br. The van der Waals surface area contributed by atoms with E-state index in [1.807, 2.05) is 31.3 Å². The maximum atomic E-state index is 13.0. The average Bonchev–Trinajstić information content (AvgIpc) is 2.47. The minimum absolute atomic E-state index is 0.300. The molecule has 2 aromatic carbocycles. The number of ether oxygens (including phenoxy) is 2. The maximum absolute atomic E-state index is 13.0. The van der Waals surface area contributed by atoms with Gasteiger partial charge in [-0.1, -0.05) is 18.2 Å². The molecule has 0 unspecified atom stereocenters. The number of hydrogen-bond donors (Lipinski definition) is 1. The Morgan fingerprint density at radius 2 is 1.76 bits per heavy atom. The molecule has 1 N–H and O–H groups in total. The molecule has 0 fully saturated rings. The van der Waals surface area contributed by atoms with Crippen LogP contribution in [0.5, 0.6) is 11.5 Å². The van der Waals surface area contributed by atoms with Gasteiger partial charge in [-0.25, -0.2) is 4.39 Å². The third-order valence-corrected chi connectivity index (χ3v) is 3.45. The zero-order valence-electron chi connectivity index (χ0n) is 11.7. The smallest absolute Gasteiger partial charge is 0.133 e. The molecule has 3 nitrogen and oxygen atoms in total. The Hall–Kier alpha value is -1.59. The van der Waals surface area contributed by atoms with E-state index in [9.17, 15) is 4.39 Å². The average molecular weight is 354 g/mol. The number of para-hydroxylation sites is 1. The molecule has 21 heavy (non-hydrogen) atoms. The first-order valence-electron chi connectivity index (χ1n) is 6.64. The molecule has 0 aliphatic rings. The standard InChI is InChI=1S/C16H17BrFNO2/c1-19-11-12-4-2-3-5-15(12)20-8-9-21-16-7-6-13(18)10-14(16)17/h2-7,10,19H,8-9,11H2,1H3. The van der Waals surface area contributed by atoms with E-state index in [0.29, 0.717) is 23.4 Å². The van der Waals surface area contributed by atoms with Crippen molar-refractivity contribution in [1.29, 1.82) is 0 Å². The Morgan fingerprint density at radius 1 is 1.05 bits per heavy atom. The van der Waals surface area contributed by atoms with Crippen LogP contribution in [0.25, 0.3) is 0 Å². The molecule has 0 aliphatic heterocycles. The monoisotopic (exact) mass is 353 g/mol. The first-order chi connectivity index (χ1) is 10.2. The van der Waals surface area contributed by atoms with E-state index in [0.717, 1.165) is 17.9 Å². The number of halogens is 2. The van der Waals surface area contributed by atoms with Gasteiger partial charge in [0.05, 0.1) is 4.47 Å². The highest BCUT2D eigenvalue weighted by Crippen LogP contribution is 2.25. The first-order valence-corrected chi connectivity index (χ1v) is 7.43. The quantitative estimate of drug-likeness (QED) is 0.768. The molecule has 0 bridgehead atoms. The lowest BCUT2D eigenvalue weighted by atomic mass is 10.2. The Kier molecular flexibility index (Phi) is 6.02. The van der Waals surface area contributed by atoms with Gasteiger partial charge in [-0.15, -0.1) is 0 Å². The van der Waals surface area contributed by atoms with Crippen LogP contribution >= 0.6 is 15.9 Å². The van der Waals surface area contributed by atoms with Crippen LogP contribution in [0, 0.1) is 5.82 Å². The van der Waals surface area contributed by atoms with Gasteiger partial charge in [0.1, 0.15) is 30.5 Å². The van der Waals surface area contributed by atoms with Crippen molar-refractivity contribution in [3.05, 3.63) is 58.3 Å². The summed E-state index contributed by atoms with van der Waals surface area (Å²) in [6.45, 7) is 1.56. The van der Waals surface area contributed by atoms with E-state index in [4.69, 9.17) is 9.47 Å². The van der Waals surface area contributed by atoms with Crippen molar-refractivity contribution in [2.45, 2.75) is 6.54 Å². The maximum Gasteiger partial charge on any atom is 0.133 e. The summed E-state index contributed by atoms with van der Waals surface area (Å²) in [5.41, 5.74) is 1.10. The molecule has 0 saturated heterocycles. The molecular formula is C16H17BrFNO2. The van der Waals surface area contributed by atoms with E-state index in [1.165, 1.54) is 12.1 Å². The molecule has 2 aromatic rings. The van der Waals surface area contributed by atoms with Crippen molar-refractivity contribution in [2.24, 2.45) is 0 Å². The van der Waals surface area contributed by atoms with Crippen molar-refractivity contribution in [1.82, 2.24) is 5.32 Å². The van der Waals surface area contributed by atoms with E-state index in [2.05, 4.69) is 21.2 Å².